The second-order valence-electron chi connectivity index (χ2n) is 6.11. The van der Waals surface area contributed by atoms with Crippen molar-refractivity contribution in [1.29, 1.82) is 0 Å². The summed E-state index contributed by atoms with van der Waals surface area (Å²) in [5.74, 6) is 1.95. The Bertz CT molecular complexity index is 1110. The molecule has 2 aromatic heterocycles. The molecule has 0 aliphatic carbocycles. The van der Waals surface area contributed by atoms with E-state index < -0.39 is 0 Å². The van der Waals surface area contributed by atoms with Crippen LogP contribution in [0.1, 0.15) is 17.1 Å². The van der Waals surface area contributed by atoms with Gasteiger partial charge in [0.05, 0.1) is 5.69 Å². The van der Waals surface area contributed by atoms with Crippen molar-refractivity contribution in [2.75, 3.05) is 0 Å². The molecular weight excluding hydrogens is 328 g/mol. The van der Waals surface area contributed by atoms with Gasteiger partial charge in [-0.15, -0.1) is 5.10 Å². The highest BCUT2D eigenvalue weighted by Crippen LogP contribution is 2.20. The van der Waals surface area contributed by atoms with Gasteiger partial charge in [0.2, 0.25) is 0 Å². The van der Waals surface area contributed by atoms with Gasteiger partial charge in [0.25, 0.3) is 5.56 Å². The van der Waals surface area contributed by atoms with E-state index in [9.17, 15) is 4.79 Å². The summed E-state index contributed by atoms with van der Waals surface area (Å²) in [6.07, 6.45) is 0. The topological polar surface area (TPSA) is 72.3 Å². The molecular formula is C20H18N4O2. The van der Waals surface area contributed by atoms with Crippen molar-refractivity contribution in [2.24, 2.45) is 0 Å². The summed E-state index contributed by atoms with van der Waals surface area (Å²) in [5.41, 5.74) is 2.87. The highest BCUT2D eigenvalue weighted by Gasteiger charge is 2.12. The standard InChI is InChI=1S/C20H18N4O2/c1-13-18-20(25)22-19(23-24(18)14(2)21-13)16-8-10-17(11-9-16)26-12-15-6-4-3-5-7-15/h3-11H,12H2,1-2H3,(H,22,23,25). The van der Waals surface area contributed by atoms with Crippen LogP contribution in [0.5, 0.6) is 5.75 Å². The fourth-order valence-corrected chi connectivity index (χ4v) is 2.91. The summed E-state index contributed by atoms with van der Waals surface area (Å²) in [6.45, 7) is 4.14. The maximum absolute atomic E-state index is 12.4. The van der Waals surface area contributed by atoms with Gasteiger partial charge in [0.15, 0.2) is 11.3 Å². The number of nitrogens with zero attached hydrogens (tertiary/aromatic N) is 3. The molecule has 0 unspecified atom stereocenters. The van der Waals surface area contributed by atoms with Gasteiger partial charge in [-0.25, -0.2) is 9.50 Å². The van der Waals surface area contributed by atoms with Gasteiger partial charge >= 0.3 is 0 Å². The van der Waals surface area contributed by atoms with Gasteiger partial charge in [-0.3, -0.25) is 4.79 Å². The first kappa shape index (κ1) is 16.1. The molecule has 4 aromatic rings. The molecule has 0 amide bonds. The van der Waals surface area contributed by atoms with Crippen molar-refractivity contribution in [3.8, 4) is 17.1 Å². The quantitative estimate of drug-likeness (QED) is 0.615. The second kappa shape index (κ2) is 6.48. The van der Waals surface area contributed by atoms with E-state index in [2.05, 4.69) is 15.1 Å². The number of ether oxygens (including phenoxy) is 1. The minimum atomic E-state index is -0.197. The largest absolute Gasteiger partial charge is 0.489 e. The molecule has 0 saturated carbocycles. The maximum Gasteiger partial charge on any atom is 0.277 e. The summed E-state index contributed by atoms with van der Waals surface area (Å²) in [5, 5.41) is 4.51. The Morgan fingerprint density at radius 2 is 1.77 bits per heavy atom. The van der Waals surface area contributed by atoms with E-state index in [1.165, 1.54) is 0 Å². The summed E-state index contributed by atoms with van der Waals surface area (Å²) >= 11 is 0. The highest BCUT2D eigenvalue weighted by atomic mass is 16.5. The number of hydrogen-bond donors (Lipinski definition) is 1. The molecule has 26 heavy (non-hydrogen) atoms. The number of aromatic amines is 1. The van der Waals surface area contributed by atoms with Crippen molar-refractivity contribution in [2.45, 2.75) is 20.5 Å². The summed E-state index contributed by atoms with van der Waals surface area (Å²) in [4.78, 5) is 19.5. The Kier molecular flexibility index (Phi) is 4.01. The summed E-state index contributed by atoms with van der Waals surface area (Å²) < 4.78 is 7.38. The van der Waals surface area contributed by atoms with E-state index in [1.807, 2.05) is 61.5 Å². The molecule has 6 nitrogen and oxygen atoms in total. The molecule has 6 heteroatoms. The van der Waals surface area contributed by atoms with E-state index in [0.29, 0.717) is 29.5 Å². The van der Waals surface area contributed by atoms with Gasteiger partial charge in [-0.1, -0.05) is 30.3 Å². The lowest BCUT2D eigenvalue weighted by Gasteiger charge is -2.07. The predicted octanol–water partition coefficient (Wildman–Crippen LogP) is 3.28. The van der Waals surface area contributed by atoms with E-state index in [4.69, 9.17) is 4.74 Å². The van der Waals surface area contributed by atoms with Gasteiger partial charge in [0, 0.05) is 5.56 Å². The lowest BCUT2D eigenvalue weighted by Crippen LogP contribution is -2.14. The van der Waals surface area contributed by atoms with Crippen LogP contribution in [0.25, 0.3) is 16.9 Å². The molecule has 0 atom stereocenters. The molecule has 2 aromatic carbocycles. The Labute approximate surface area is 150 Å². The van der Waals surface area contributed by atoms with Crippen LogP contribution >= 0.6 is 0 Å². The minimum Gasteiger partial charge on any atom is -0.489 e. The number of benzene rings is 2. The summed E-state index contributed by atoms with van der Waals surface area (Å²) in [6, 6.07) is 17.5. The average Bonchev–Trinajstić information content (AvgIpc) is 2.95. The molecule has 0 bridgehead atoms. The molecule has 130 valence electrons. The van der Waals surface area contributed by atoms with Gasteiger partial charge in [-0.05, 0) is 43.7 Å². The lowest BCUT2D eigenvalue weighted by molar-refractivity contribution is 0.306. The zero-order chi connectivity index (χ0) is 18.1. The Morgan fingerprint density at radius 3 is 2.50 bits per heavy atom. The molecule has 0 spiro atoms. The number of fused-ring (bicyclic) bond motifs is 1. The fourth-order valence-electron chi connectivity index (χ4n) is 2.91. The van der Waals surface area contributed by atoms with Crippen LogP contribution in [-0.4, -0.2) is 19.6 Å². The third-order valence-electron chi connectivity index (χ3n) is 4.21. The third-order valence-corrected chi connectivity index (χ3v) is 4.21. The number of rotatable bonds is 4. The maximum atomic E-state index is 12.4. The van der Waals surface area contributed by atoms with Crippen molar-refractivity contribution in [3.63, 3.8) is 0 Å². The zero-order valence-corrected chi connectivity index (χ0v) is 14.6. The SMILES string of the molecule is Cc1nc(C)n2nc(-c3ccc(OCc4ccccc4)cc3)[nH]c(=O)c12. The van der Waals surface area contributed by atoms with Crippen molar-refractivity contribution in [3.05, 3.63) is 82.0 Å². The lowest BCUT2D eigenvalue weighted by atomic mass is 10.2. The van der Waals surface area contributed by atoms with Crippen LogP contribution in [0.4, 0.5) is 0 Å². The molecule has 0 radical (unpaired) electrons. The smallest absolute Gasteiger partial charge is 0.277 e. The third kappa shape index (κ3) is 2.97. The number of aromatic nitrogens is 4. The minimum absolute atomic E-state index is 0.197. The van der Waals surface area contributed by atoms with Gasteiger partial charge in [0.1, 0.15) is 18.2 Å². The van der Waals surface area contributed by atoms with Crippen LogP contribution in [0.3, 0.4) is 0 Å². The number of hydrogen-bond acceptors (Lipinski definition) is 4. The number of nitrogens with one attached hydrogen (secondary N) is 1. The van der Waals surface area contributed by atoms with Crippen molar-refractivity contribution in [1.82, 2.24) is 19.6 Å². The first-order valence-corrected chi connectivity index (χ1v) is 8.35. The molecule has 0 saturated heterocycles. The van der Waals surface area contributed by atoms with Crippen LogP contribution in [0.15, 0.2) is 59.4 Å². The number of imidazole rings is 1. The normalized spacial score (nSPS) is 11.0. The Balaban J connectivity index is 1.60. The van der Waals surface area contributed by atoms with Crippen molar-refractivity contribution >= 4 is 5.52 Å². The Morgan fingerprint density at radius 1 is 1.04 bits per heavy atom. The molecule has 1 N–H and O–H groups in total. The fraction of sp³-hybridized carbons (Fsp3) is 0.150. The molecule has 0 aliphatic rings. The predicted molar refractivity (Wildman–Crippen MR) is 99.3 cm³/mol. The van der Waals surface area contributed by atoms with E-state index in [0.717, 1.165) is 16.9 Å². The van der Waals surface area contributed by atoms with Crippen molar-refractivity contribution < 1.29 is 4.74 Å². The Hall–Kier alpha value is -3.41. The van der Waals surface area contributed by atoms with Gasteiger partial charge in [-0.2, -0.15) is 0 Å². The zero-order valence-electron chi connectivity index (χ0n) is 14.6. The monoisotopic (exact) mass is 346 g/mol. The average molecular weight is 346 g/mol. The first-order chi connectivity index (χ1) is 12.6. The first-order valence-electron chi connectivity index (χ1n) is 8.35. The molecule has 0 aliphatic heterocycles. The highest BCUT2D eigenvalue weighted by molar-refractivity contribution is 5.58. The van der Waals surface area contributed by atoms with Crippen LogP contribution < -0.4 is 10.3 Å². The van der Waals surface area contributed by atoms with E-state index in [-0.39, 0.29) is 5.56 Å². The van der Waals surface area contributed by atoms with Crippen LogP contribution in [0.2, 0.25) is 0 Å². The molecule has 0 fully saturated rings. The van der Waals surface area contributed by atoms with Crippen LogP contribution in [-0.2, 0) is 6.61 Å². The van der Waals surface area contributed by atoms with Gasteiger partial charge < -0.3 is 9.72 Å². The number of aryl methyl sites for hydroxylation is 2. The van der Waals surface area contributed by atoms with E-state index >= 15 is 0 Å². The molecule has 4 rings (SSSR count). The number of H-pyrrole nitrogens is 1. The second-order valence-corrected chi connectivity index (χ2v) is 6.11. The molecule has 2 heterocycles. The van der Waals surface area contributed by atoms with E-state index in [1.54, 1.807) is 11.4 Å². The van der Waals surface area contributed by atoms with Crippen LogP contribution in [0, 0.1) is 13.8 Å². The summed E-state index contributed by atoms with van der Waals surface area (Å²) in [7, 11) is 0.